The molecule has 0 aliphatic rings. The van der Waals surface area contributed by atoms with E-state index in [1.54, 1.807) is 0 Å². The molecule has 0 radical (unpaired) electrons. The molecule has 4 nitrogen and oxygen atoms in total. The van der Waals surface area contributed by atoms with Gasteiger partial charge in [-0.3, -0.25) is 4.79 Å². The predicted octanol–water partition coefficient (Wildman–Crippen LogP) is 1.70. The van der Waals surface area contributed by atoms with Crippen LogP contribution in [0.1, 0.15) is 45.4 Å². The zero-order valence-corrected chi connectivity index (χ0v) is 12.5. The Bertz CT molecular complexity index is 209. The van der Waals surface area contributed by atoms with Gasteiger partial charge in [-0.25, -0.2) is 0 Å². The summed E-state index contributed by atoms with van der Waals surface area (Å²) < 4.78 is 0. The molecule has 108 valence electrons. The Morgan fingerprint density at radius 1 is 1.00 bits per heavy atom. The zero-order chi connectivity index (χ0) is 13.8. The molecule has 0 aromatic heterocycles. The summed E-state index contributed by atoms with van der Waals surface area (Å²) in [6.45, 7) is 5.90. The predicted molar refractivity (Wildman–Crippen MR) is 77.6 cm³/mol. The second-order valence-corrected chi connectivity index (χ2v) is 5.07. The highest BCUT2D eigenvalue weighted by molar-refractivity contribution is 5.75. The first-order chi connectivity index (χ1) is 8.61. The number of nitrogens with two attached hydrogens (primary N) is 1. The number of amides is 1. The summed E-state index contributed by atoms with van der Waals surface area (Å²) in [4.78, 5) is 15.8. The van der Waals surface area contributed by atoms with Gasteiger partial charge in [0.1, 0.15) is 0 Å². The van der Waals surface area contributed by atoms with E-state index in [2.05, 4.69) is 18.9 Å². The van der Waals surface area contributed by atoms with Crippen LogP contribution in [0.4, 0.5) is 0 Å². The Morgan fingerprint density at radius 3 is 2.28 bits per heavy atom. The Morgan fingerprint density at radius 2 is 1.67 bits per heavy atom. The first-order valence-corrected chi connectivity index (χ1v) is 7.24. The van der Waals surface area contributed by atoms with Crippen LogP contribution in [-0.4, -0.2) is 56.0 Å². The molecule has 0 saturated carbocycles. The van der Waals surface area contributed by atoms with Crippen molar-refractivity contribution in [2.45, 2.75) is 45.4 Å². The normalized spacial score (nSPS) is 10.9. The molecule has 0 fully saturated rings. The van der Waals surface area contributed by atoms with Gasteiger partial charge in [-0.2, -0.15) is 0 Å². The molecule has 0 unspecified atom stereocenters. The fourth-order valence-corrected chi connectivity index (χ4v) is 1.89. The largest absolute Gasteiger partial charge is 0.346 e. The summed E-state index contributed by atoms with van der Waals surface area (Å²) in [5.41, 5.74) is 5.40. The van der Waals surface area contributed by atoms with Crippen molar-refractivity contribution in [3.63, 3.8) is 0 Å². The maximum Gasteiger partial charge on any atom is 0.222 e. The Hall–Kier alpha value is -0.610. The lowest BCUT2D eigenvalue weighted by Gasteiger charge is -2.20. The van der Waals surface area contributed by atoms with Crippen LogP contribution in [0.2, 0.25) is 0 Å². The smallest absolute Gasteiger partial charge is 0.222 e. The fourth-order valence-electron chi connectivity index (χ4n) is 1.89. The van der Waals surface area contributed by atoms with Gasteiger partial charge >= 0.3 is 0 Å². The van der Waals surface area contributed by atoms with E-state index in [4.69, 9.17) is 5.73 Å². The third-order valence-electron chi connectivity index (χ3n) is 3.20. The number of hydrogen-bond donors (Lipinski definition) is 1. The molecule has 0 atom stereocenters. The van der Waals surface area contributed by atoms with Gasteiger partial charge in [-0.1, -0.05) is 19.8 Å². The minimum absolute atomic E-state index is 0.217. The molecule has 0 aromatic carbocycles. The molecule has 0 aliphatic heterocycles. The van der Waals surface area contributed by atoms with Crippen LogP contribution in [0.3, 0.4) is 0 Å². The number of rotatable bonds is 11. The molecule has 0 aromatic rings. The maximum absolute atomic E-state index is 11.6. The topological polar surface area (TPSA) is 49.6 Å². The van der Waals surface area contributed by atoms with Crippen LogP contribution >= 0.6 is 0 Å². The van der Waals surface area contributed by atoms with Crippen LogP contribution in [0, 0.1) is 0 Å². The lowest BCUT2D eigenvalue weighted by atomic mass is 10.2. The fraction of sp³-hybridized carbons (Fsp3) is 0.929. The Balaban J connectivity index is 3.54. The molecular weight excluding hydrogens is 226 g/mol. The molecule has 0 rings (SSSR count). The van der Waals surface area contributed by atoms with E-state index in [0.29, 0.717) is 13.0 Å². The third-order valence-corrected chi connectivity index (χ3v) is 3.20. The Kier molecular flexibility index (Phi) is 11.1. The summed E-state index contributed by atoms with van der Waals surface area (Å²) in [6.07, 6.45) is 6.28. The van der Waals surface area contributed by atoms with Gasteiger partial charge in [-0.15, -0.1) is 0 Å². The number of carbonyl (C=O) groups excluding carboxylic acids is 1. The van der Waals surface area contributed by atoms with E-state index in [-0.39, 0.29) is 5.91 Å². The summed E-state index contributed by atoms with van der Waals surface area (Å²) in [7, 11) is 4.04. The minimum atomic E-state index is 0.217. The van der Waals surface area contributed by atoms with E-state index in [1.165, 1.54) is 25.8 Å². The summed E-state index contributed by atoms with van der Waals surface area (Å²) in [5.74, 6) is 0.217. The highest BCUT2D eigenvalue weighted by atomic mass is 16.2. The first-order valence-electron chi connectivity index (χ1n) is 7.24. The summed E-state index contributed by atoms with van der Waals surface area (Å²) >= 11 is 0. The van der Waals surface area contributed by atoms with Crippen LogP contribution in [-0.2, 0) is 4.79 Å². The van der Waals surface area contributed by atoms with Gasteiger partial charge in [0, 0.05) is 20.0 Å². The number of hydrogen-bond acceptors (Lipinski definition) is 3. The van der Waals surface area contributed by atoms with Crippen molar-refractivity contribution in [2.75, 3.05) is 40.3 Å². The van der Waals surface area contributed by atoms with Gasteiger partial charge in [0.25, 0.3) is 0 Å². The molecule has 1 amide bonds. The SMILES string of the molecule is CCCCCN(C)CCCN(C)C(=O)CCCN. The summed E-state index contributed by atoms with van der Waals surface area (Å²) in [5, 5.41) is 0. The zero-order valence-electron chi connectivity index (χ0n) is 12.5. The minimum Gasteiger partial charge on any atom is -0.346 e. The summed E-state index contributed by atoms with van der Waals surface area (Å²) in [6, 6.07) is 0. The van der Waals surface area contributed by atoms with E-state index < -0.39 is 0 Å². The maximum atomic E-state index is 11.6. The highest BCUT2D eigenvalue weighted by Crippen LogP contribution is 1.99. The average molecular weight is 257 g/mol. The molecule has 0 heterocycles. The number of carbonyl (C=O) groups is 1. The van der Waals surface area contributed by atoms with Gasteiger partial charge < -0.3 is 15.5 Å². The molecular formula is C14H31N3O. The third kappa shape index (κ3) is 9.42. The van der Waals surface area contributed by atoms with Crippen molar-refractivity contribution in [1.29, 1.82) is 0 Å². The molecule has 0 saturated heterocycles. The lowest BCUT2D eigenvalue weighted by Crippen LogP contribution is -2.30. The van der Waals surface area contributed by atoms with E-state index in [9.17, 15) is 4.79 Å². The lowest BCUT2D eigenvalue weighted by molar-refractivity contribution is -0.130. The molecule has 2 N–H and O–H groups in total. The van der Waals surface area contributed by atoms with Crippen LogP contribution in [0.25, 0.3) is 0 Å². The van der Waals surface area contributed by atoms with Crippen molar-refractivity contribution < 1.29 is 4.79 Å². The van der Waals surface area contributed by atoms with Gasteiger partial charge in [-0.05, 0) is 45.9 Å². The quantitative estimate of drug-likeness (QED) is 0.573. The van der Waals surface area contributed by atoms with E-state index in [0.717, 1.165) is 25.9 Å². The molecule has 0 bridgehead atoms. The van der Waals surface area contributed by atoms with E-state index in [1.807, 2.05) is 11.9 Å². The van der Waals surface area contributed by atoms with Crippen molar-refractivity contribution >= 4 is 5.91 Å². The van der Waals surface area contributed by atoms with Crippen molar-refractivity contribution in [3.8, 4) is 0 Å². The molecule has 0 spiro atoms. The van der Waals surface area contributed by atoms with Crippen molar-refractivity contribution in [3.05, 3.63) is 0 Å². The van der Waals surface area contributed by atoms with Gasteiger partial charge in [0.05, 0.1) is 0 Å². The second-order valence-electron chi connectivity index (χ2n) is 5.07. The van der Waals surface area contributed by atoms with Crippen LogP contribution in [0.5, 0.6) is 0 Å². The van der Waals surface area contributed by atoms with Crippen molar-refractivity contribution in [1.82, 2.24) is 9.80 Å². The van der Waals surface area contributed by atoms with Gasteiger partial charge in [0.2, 0.25) is 5.91 Å². The Labute approximate surface area is 113 Å². The number of unbranched alkanes of at least 4 members (excludes halogenated alkanes) is 2. The average Bonchev–Trinajstić information content (AvgIpc) is 2.36. The van der Waals surface area contributed by atoms with Crippen molar-refractivity contribution in [2.24, 2.45) is 5.73 Å². The first kappa shape index (κ1) is 17.4. The second kappa shape index (κ2) is 11.5. The highest BCUT2D eigenvalue weighted by Gasteiger charge is 2.07. The standard InChI is InChI=1S/C14H31N3O/c1-4-5-6-11-16(2)12-8-13-17(3)14(18)9-7-10-15/h4-13,15H2,1-3H3. The van der Waals surface area contributed by atoms with Crippen LogP contribution < -0.4 is 5.73 Å². The monoisotopic (exact) mass is 257 g/mol. The van der Waals surface area contributed by atoms with E-state index >= 15 is 0 Å². The molecule has 0 aliphatic carbocycles. The molecule has 18 heavy (non-hydrogen) atoms. The van der Waals surface area contributed by atoms with Gasteiger partial charge in [0.15, 0.2) is 0 Å². The number of nitrogens with zero attached hydrogens (tertiary/aromatic N) is 2. The molecule has 4 heteroatoms. The van der Waals surface area contributed by atoms with Crippen LogP contribution in [0.15, 0.2) is 0 Å².